The van der Waals surface area contributed by atoms with E-state index in [0.29, 0.717) is 15.8 Å². The van der Waals surface area contributed by atoms with Gasteiger partial charge in [-0.1, -0.05) is 40.2 Å². The monoisotopic (exact) mass is 334 g/mol. The second-order valence-electron chi connectivity index (χ2n) is 4.42. The van der Waals surface area contributed by atoms with Gasteiger partial charge in [-0.25, -0.2) is 9.82 Å². The summed E-state index contributed by atoms with van der Waals surface area (Å²) in [6, 6.07) is 13.7. The Labute approximate surface area is 123 Å². The quantitative estimate of drug-likeness (QED) is 0.564. The van der Waals surface area contributed by atoms with Crippen LogP contribution in [0.2, 0.25) is 0 Å². The van der Waals surface area contributed by atoms with Gasteiger partial charge in [0.2, 0.25) is 0 Å². The zero-order valence-corrected chi connectivity index (χ0v) is 12.0. The van der Waals surface area contributed by atoms with Crippen molar-refractivity contribution >= 4 is 26.9 Å². The van der Waals surface area contributed by atoms with Crippen LogP contribution in [0.4, 0.5) is 4.39 Å². The molecule has 0 radical (unpaired) electrons. The molecular weight excluding hydrogens is 323 g/mol. The molecule has 0 aliphatic heterocycles. The molecule has 1 heterocycles. The first-order valence-electron chi connectivity index (χ1n) is 6.09. The third kappa shape index (κ3) is 2.24. The van der Waals surface area contributed by atoms with E-state index in [9.17, 15) is 4.39 Å². The normalized spacial score (nSPS) is 12.8. The number of hydrogen-bond donors (Lipinski definition) is 2. The second-order valence-corrected chi connectivity index (χ2v) is 5.28. The third-order valence-electron chi connectivity index (χ3n) is 3.18. The van der Waals surface area contributed by atoms with Crippen molar-refractivity contribution in [3.63, 3.8) is 0 Å². The van der Waals surface area contributed by atoms with Crippen molar-refractivity contribution in [2.24, 2.45) is 5.84 Å². The number of nitrogens with two attached hydrogens (primary N) is 1. The fourth-order valence-electron chi connectivity index (χ4n) is 2.24. The van der Waals surface area contributed by atoms with Gasteiger partial charge in [0.25, 0.3) is 0 Å². The Balaban J connectivity index is 2.14. The van der Waals surface area contributed by atoms with Crippen molar-refractivity contribution in [3.8, 4) is 0 Å². The van der Waals surface area contributed by atoms with Crippen molar-refractivity contribution < 1.29 is 8.81 Å². The summed E-state index contributed by atoms with van der Waals surface area (Å²) in [6.45, 7) is 0. The fraction of sp³-hybridized carbons (Fsp3) is 0.0667. The van der Waals surface area contributed by atoms with Crippen LogP contribution in [0.3, 0.4) is 0 Å². The van der Waals surface area contributed by atoms with Crippen molar-refractivity contribution in [2.45, 2.75) is 6.04 Å². The lowest BCUT2D eigenvalue weighted by molar-refractivity contribution is 0.461. The topological polar surface area (TPSA) is 51.2 Å². The van der Waals surface area contributed by atoms with Gasteiger partial charge in [0, 0.05) is 15.4 Å². The summed E-state index contributed by atoms with van der Waals surface area (Å²) in [5, 5.41) is 0.954. The molecule has 2 aromatic carbocycles. The van der Waals surface area contributed by atoms with E-state index in [1.54, 1.807) is 12.1 Å². The van der Waals surface area contributed by atoms with Crippen LogP contribution in [0.1, 0.15) is 17.4 Å². The van der Waals surface area contributed by atoms with Crippen LogP contribution in [-0.2, 0) is 0 Å². The molecule has 5 heteroatoms. The third-order valence-corrected chi connectivity index (χ3v) is 3.88. The average molecular weight is 335 g/mol. The van der Waals surface area contributed by atoms with Gasteiger partial charge in [-0.3, -0.25) is 5.84 Å². The summed E-state index contributed by atoms with van der Waals surface area (Å²) < 4.78 is 20.5. The number of nitrogens with one attached hydrogen (secondary N) is 1. The number of hydrogen-bond acceptors (Lipinski definition) is 3. The predicted molar refractivity (Wildman–Crippen MR) is 79.5 cm³/mol. The standard InChI is InChI=1S/C15H12BrFN2O/c16-10-5-3-6-11(17)14(10)15(19-18)13-8-9-4-1-2-7-12(9)20-13/h1-8,15,19H,18H2. The number of hydrazine groups is 1. The fourth-order valence-corrected chi connectivity index (χ4v) is 2.81. The number of benzene rings is 2. The lowest BCUT2D eigenvalue weighted by Gasteiger charge is -2.16. The lowest BCUT2D eigenvalue weighted by atomic mass is 10.0. The van der Waals surface area contributed by atoms with Crippen LogP contribution in [0.5, 0.6) is 0 Å². The molecule has 1 atom stereocenters. The molecule has 0 aliphatic carbocycles. The van der Waals surface area contributed by atoms with Gasteiger partial charge >= 0.3 is 0 Å². The molecule has 0 amide bonds. The predicted octanol–water partition coefficient (Wildman–Crippen LogP) is 3.89. The van der Waals surface area contributed by atoms with Crippen LogP contribution in [0, 0.1) is 5.82 Å². The van der Waals surface area contributed by atoms with Gasteiger partial charge in [0.15, 0.2) is 0 Å². The second kappa shape index (κ2) is 5.36. The van der Waals surface area contributed by atoms with E-state index in [2.05, 4.69) is 21.4 Å². The van der Waals surface area contributed by atoms with E-state index in [0.717, 1.165) is 11.0 Å². The minimum atomic E-state index is -0.557. The number of halogens is 2. The van der Waals surface area contributed by atoms with E-state index < -0.39 is 6.04 Å². The molecular formula is C15H12BrFN2O. The number of para-hydroxylation sites is 1. The first-order chi connectivity index (χ1) is 9.70. The minimum absolute atomic E-state index is 0.345. The van der Waals surface area contributed by atoms with E-state index in [1.807, 2.05) is 30.3 Å². The molecule has 3 N–H and O–H groups in total. The molecule has 1 unspecified atom stereocenters. The minimum Gasteiger partial charge on any atom is -0.459 e. The van der Waals surface area contributed by atoms with E-state index >= 15 is 0 Å². The molecule has 3 rings (SSSR count). The first kappa shape index (κ1) is 13.3. The molecule has 20 heavy (non-hydrogen) atoms. The van der Waals surface area contributed by atoms with Crippen LogP contribution >= 0.6 is 15.9 Å². The molecule has 0 aliphatic rings. The molecule has 0 fully saturated rings. The number of furan rings is 1. The number of rotatable bonds is 3. The molecule has 0 saturated carbocycles. The summed E-state index contributed by atoms with van der Waals surface area (Å²) >= 11 is 3.35. The first-order valence-corrected chi connectivity index (χ1v) is 6.88. The van der Waals surface area contributed by atoms with Crippen LogP contribution in [0.15, 0.2) is 57.4 Å². The Morgan fingerprint density at radius 3 is 2.65 bits per heavy atom. The van der Waals surface area contributed by atoms with E-state index in [4.69, 9.17) is 10.3 Å². The van der Waals surface area contributed by atoms with Crippen molar-refractivity contribution in [1.29, 1.82) is 0 Å². The van der Waals surface area contributed by atoms with Gasteiger partial charge < -0.3 is 4.42 Å². The Bertz CT molecular complexity index is 703. The summed E-state index contributed by atoms with van der Waals surface area (Å²) in [4.78, 5) is 0. The van der Waals surface area contributed by atoms with Gasteiger partial charge in [0.05, 0.1) is 0 Å². The Hall–Kier alpha value is -1.69. The smallest absolute Gasteiger partial charge is 0.134 e. The highest BCUT2D eigenvalue weighted by Crippen LogP contribution is 2.33. The highest BCUT2D eigenvalue weighted by atomic mass is 79.9. The SMILES string of the molecule is NNC(c1cc2ccccc2o1)c1c(F)cccc1Br. The van der Waals surface area contributed by atoms with Crippen LogP contribution in [-0.4, -0.2) is 0 Å². The summed E-state index contributed by atoms with van der Waals surface area (Å²) in [7, 11) is 0. The highest BCUT2D eigenvalue weighted by molar-refractivity contribution is 9.10. The molecule has 0 spiro atoms. The summed E-state index contributed by atoms with van der Waals surface area (Å²) in [5.74, 6) is 5.82. The van der Waals surface area contributed by atoms with Crippen LogP contribution < -0.4 is 11.3 Å². The molecule has 3 aromatic rings. The van der Waals surface area contributed by atoms with Gasteiger partial charge in [-0.05, 0) is 24.3 Å². The molecule has 1 aromatic heterocycles. The maximum absolute atomic E-state index is 14.1. The molecule has 3 nitrogen and oxygen atoms in total. The molecule has 0 saturated heterocycles. The Morgan fingerprint density at radius 1 is 1.15 bits per heavy atom. The van der Waals surface area contributed by atoms with Crippen LogP contribution in [0.25, 0.3) is 11.0 Å². The maximum atomic E-state index is 14.1. The summed E-state index contributed by atoms with van der Waals surface area (Å²) in [5.41, 5.74) is 3.78. The Kier molecular flexibility index (Phi) is 3.56. The average Bonchev–Trinajstić information content (AvgIpc) is 2.86. The van der Waals surface area contributed by atoms with Crippen molar-refractivity contribution in [2.75, 3.05) is 0 Å². The van der Waals surface area contributed by atoms with Gasteiger partial charge in [0.1, 0.15) is 23.2 Å². The zero-order chi connectivity index (χ0) is 14.1. The van der Waals surface area contributed by atoms with Crippen molar-refractivity contribution in [3.05, 3.63) is 70.1 Å². The van der Waals surface area contributed by atoms with E-state index in [-0.39, 0.29) is 5.82 Å². The Morgan fingerprint density at radius 2 is 1.95 bits per heavy atom. The maximum Gasteiger partial charge on any atom is 0.134 e. The van der Waals surface area contributed by atoms with Gasteiger partial charge in [-0.2, -0.15) is 0 Å². The van der Waals surface area contributed by atoms with Crippen molar-refractivity contribution in [1.82, 2.24) is 5.43 Å². The zero-order valence-electron chi connectivity index (χ0n) is 10.4. The van der Waals surface area contributed by atoms with E-state index in [1.165, 1.54) is 6.07 Å². The number of fused-ring (bicyclic) bond motifs is 1. The highest BCUT2D eigenvalue weighted by Gasteiger charge is 2.22. The summed E-state index contributed by atoms with van der Waals surface area (Å²) in [6.07, 6.45) is 0. The molecule has 0 bridgehead atoms. The molecule has 102 valence electrons. The lowest BCUT2D eigenvalue weighted by Crippen LogP contribution is -2.29. The largest absolute Gasteiger partial charge is 0.459 e. The van der Waals surface area contributed by atoms with Gasteiger partial charge in [-0.15, -0.1) is 0 Å².